The molecular weight excluding hydrogens is 311 g/mol. The molecule has 0 radical (unpaired) electrons. The zero-order chi connectivity index (χ0) is 17.2. The highest BCUT2D eigenvalue weighted by Crippen LogP contribution is 2.33. The highest BCUT2D eigenvalue weighted by molar-refractivity contribution is 5.80. The first-order chi connectivity index (χ1) is 10.7. The van der Waals surface area contributed by atoms with Crippen molar-refractivity contribution in [2.75, 3.05) is 31.1 Å². The second kappa shape index (κ2) is 6.46. The molecule has 0 aliphatic carbocycles. The molecular formula is C15H16F3N3O2. The van der Waals surface area contributed by atoms with Crippen LogP contribution in [0.4, 0.5) is 18.9 Å². The molecule has 1 aromatic rings. The molecule has 23 heavy (non-hydrogen) atoms. The van der Waals surface area contributed by atoms with Crippen LogP contribution in [0.3, 0.4) is 0 Å². The van der Waals surface area contributed by atoms with Gasteiger partial charge in [0.25, 0.3) is 5.91 Å². The summed E-state index contributed by atoms with van der Waals surface area (Å²) in [4.78, 5) is 15.0. The van der Waals surface area contributed by atoms with Crippen molar-refractivity contribution in [3.05, 3.63) is 29.3 Å². The third kappa shape index (κ3) is 3.74. The zero-order valence-corrected chi connectivity index (χ0v) is 12.5. The van der Waals surface area contributed by atoms with Crippen molar-refractivity contribution in [3.63, 3.8) is 0 Å². The molecule has 1 fully saturated rings. The molecule has 0 spiro atoms. The van der Waals surface area contributed by atoms with Gasteiger partial charge in [-0.05, 0) is 25.1 Å². The summed E-state index contributed by atoms with van der Waals surface area (Å²) in [6, 6.07) is 5.03. The summed E-state index contributed by atoms with van der Waals surface area (Å²) in [6.07, 6.45) is -5.63. The quantitative estimate of drug-likeness (QED) is 0.896. The Morgan fingerprint density at radius 1 is 1.30 bits per heavy atom. The first kappa shape index (κ1) is 17.1. The van der Waals surface area contributed by atoms with Crippen LogP contribution >= 0.6 is 0 Å². The fraction of sp³-hybridized carbons (Fsp3) is 0.467. The molecule has 1 atom stereocenters. The molecule has 124 valence electrons. The van der Waals surface area contributed by atoms with Crippen LogP contribution in [0.15, 0.2) is 18.2 Å². The standard InChI is InChI=1S/C15H16F3N3O2/c1-10(22)14(23)21-6-4-20(5-7-21)12-2-3-13(15(16,17)18)11(8-12)9-19/h2-3,8,10,22H,4-7H2,1H3/t10-/m1/s1. The average molecular weight is 327 g/mol. The topological polar surface area (TPSA) is 67.6 Å². The van der Waals surface area contributed by atoms with E-state index in [0.29, 0.717) is 31.9 Å². The van der Waals surface area contributed by atoms with Crippen LogP contribution in [-0.2, 0) is 11.0 Å². The number of alkyl halides is 3. The van der Waals surface area contributed by atoms with E-state index in [-0.39, 0.29) is 5.91 Å². The highest BCUT2D eigenvalue weighted by atomic mass is 19.4. The highest BCUT2D eigenvalue weighted by Gasteiger charge is 2.34. The predicted molar refractivity (Wildman–Crippen MR) is 76.6 cm³/mol. The van der Waals surface area contributed by atoms with E-state index in [4.69, 9.17) is 5.26 Å². The van der Waals surface area contributed by atoms with E-state index in [0.717, 1.165) is 6.07 Å². The van der Waals surface area contributed by atoms with Gasteiger partial charge in [0.1, 0.15) is 6.10 Å². The Hall–Kier alpha value is -2.27. The number of carbonyl (C=O) groups excluding carboxylic acids is 1. The third-order valence-corrected chi connectivity index (χ3v) is 3.74. The summed E-state index contributed by atoms with van der Waals surface area (Å²) in [5.74, 6) is -0.366. The number of carbonyl (C=O) groups is 1. The SMILES string of the molecule is C[C@@H](O)C(=O)N1CCN(c2ccc(C(F)(F)F)c(C#N)c2)CC1. The summed E-state index contributed by atoms with van der Waals surface area (Å²) in [7, 11) is 0. The maximum Gasteiger partial charge on any atom is 0.417 e. The first-order valence-electron chi connectivity index (χ1n) is 7.07. The van der Waals surface area contributed by atoms with Gasteiger partial charge in [0.15, 0.2) is 0 Å². The minimum atomic E-state index is -4.56. The van der Waals surface area contributed by atoms with Crippen molar-refractivity contribution in [2.24, 2.45) is 0 Å². The normalized spacial score (nSPS) is 16.9. The number of hydrogen-bond donors (Lipinski definition) is 1. The van der Waals surface area contributed by atoms with Gasteiger partial charge in [-0.3, -0.25) is 4.79 Å². The van der Waals surface area contributed by atoms with Crippen molar-refractivity contribution >= 4 is 11.6 Å². The summed E-state index contributed by atoms with van der Waals surface area (Å²) in [6.45, 7) is 2.98. The van der Waals surface area contributed by atoms with Gasteiger partial charge in [-0.1, -0.05) is 0 Å². The molecule has 1 N–H and O–H groups in total. The Kier molecular flexibility index (Phi) is 4.80. The van der Waals surface area contributed by atoms with Crippen molar-refractivity contribution in [1.82, 2.24) is 4.90 Å². The van der Waals surface area contributed by atoms with E-state index < -0.39 is 23.4 Å². The van der Waals surface area contributed by atoms with Crippen molar-refractivity contribution in [2.45, 2.75) is 19.2 Å². The molecule has 0 saturated carbocycles. The average Bonchev–Trinajstić information content (AvgIpc) is 2.52. The molecule has 1 amide bonds. The van der Waals surface area contributed by atoms with Crippen molar-refractivity contribution in [3.8, 4) is 6.07 Å². The fourth-order valence-electron chi connectivity index (χ4n) is 2.52. The number of rotatable bonds is 2. The second-order valence-corrected chi connectivity index (χ2v) is 5.33. The molecule has 1 aliphatic rings. The predicted octanol–water partition coefficient (Wildman–Crippen LogP) is 1.61. The fourth-order valence-corrected chi connectivity index (χ4v) is 2.52. The number of nitrogens with zero attached hydrogens (tertiary/aromatic N) is 3. The Morgan fingerprint density at radius 3 is 2.39 bits per heavy atom. The monoisotopic (exact) mass is 327 g/mol. The number of piperazine rings is 1. The number of hydrogen-bond acceptors (Lipinski definition) is 4. The number of aliphatic hydroxyl groups is 1. The van der Waals surface area contributed by atoms with Gasteiger partial charge in [0, 0.05) is 31.9 Å². The van der Waals surface area contributed by atoms with Crippen molar-refractivity contribution < 1.29 is 23.1 Å². The molecule has 0 bridgehead atoms. The van der Waals surface area contributed by atoms with E-state index in [1.54, 1.807) is 6.07 Å². The van der Waals surface area contributed by atoms with Crippen LogP contribution in [0.2, 0.25) is 0 Å². The van der Waals surface area contributed by atoms with Crippen LogP contribution in [0.1, 0.15) is 18.1 Å². The van der Waals surface area contributed by atoms with Crippen LogP contribution in [0, 0.1) is 11.3 Å². The molecule has 1 aliphatic heterocycles. The van der Waals surface area contributed by atoms with Gasteiger partial charge in [-0.25, -0.2) is 0 Å². The lowest BCUT2D eigenvalue weighted by Crippen LogP contribution is -2.51. The first-order valence-corrected chi connectivity index (χ1v) is 7.07. The second-order valence-electron chi connectivity index (χ2n) is 5.33. The number of nitriles is 1. The number of amides is 1. The largest absolute Gasteiger partial charge is 0.417 e. The van der Waals surface area contributed by atoms with Crippen molar-refractivity contribution in [1.29, 1.82) is 5.26 Å². The Bertz CT molecular complexity index is 630. The molecule has 8 heteroatoms. The molecule has 1 saturated heterocycles. The van der Waals surface area contributed by atoms with Gasteiger partial charge in [-0.2, -0.15) is 18.4 Å². The number of benzene rings is 1. The summed E-state index contributed by atoms with van der Waals surface area (Å²) < 4.78 is 38.4. The van der Waals surface area contributed by atoms with Gasteiger partial charge < -0.3 is 14.9 Å². The lowest BCUT2D eigenvalue weighted by atomic mass is 10.1. The maximum atomic E-state index is 12.8. The number of anilines is 1. The summed E-state index contributed by atoms with van der Waals surface area (Å²) in [5, 5.41) is 18.2. The Morgan fingerprint density at radius 2 is 1.91 bits per heavy atom. The van der Waals surface area contributed by atoms with Crippen LogP contribution in [0.25, 0.3) is 0 Å². The minimum Gasteiger partial charge on any atom is -0.384 e. The molecule has 1 aromatic carbocycles. The summed E-state index contributed by atoms with van der Waals surface area (Å²) >= 11 is 0. The van der Waals surface area contributed by atoms with Gasteiger partial charge in [-0.15, -0.1) is 0 Å². The zero-order valence-electron chi connectivity index (χ0n) is 12.5. The van der Waals surface area contributed by atoms with Gasteiger partial charge in [0.05, 0.1) is 17.2 Å². The lowest BCUT2D eigenvalue weighted by molar-refractivity contribution is -0.139. The summed E-state index contributed by atoms with van der Waals surface area (Å²) in [5.41, 5.74) is -0.858. The van der Waals surface area contributed by atoms with E-state index >= 15 is 0 Å². The lowest BCUT2D eigenvalue weighted by Gasteiger charge is -2.36. The molecule has 0 aromatic heterocycles. The third-order valence-electron chi connectivity index (χ3n) is 3.74. The van der Waals surface area contributed by atoms with E-state index in [1.165, 1.54) is 24.0 Å². The van der Waals surface area contributed by atoms with Gasteiger partial charge in [0.2, 0.25) is 0 Å². The van der Waals surface area contributed by atoms with E-state index in [2.05, 4.69) is 0 Å². The Balaban J connectivity index is 2.13. The molecule has 2 rings (SSSR count). The minimum absolute atomic E-state index is 0.366. The van der Waals surface area contributed by atoms with Crippen LogP contribution in [-0.4, -0.2) is 48.2 Å². The smallest absolute Gasteiger partial charge is 0.384 e. The van der Waals surface area contributed by atoms with Gasteiger partial charge >= 0.3 is 6.18 Å². The van der Waals surface area contributed by atoms with Crippen LogP contribution in [0.5, 0.6) is 0 Å². The molecule has 0 unspecified atom stereocenters. The molecule has 1 heterocycles. The maximum absolute atomic E-state index is 12.8. The Labute approximate surface area is 131 Å². The van der Waals surface area contributed by atoms with E-state index in [9.17, 15) is 23.1 Å². The number of halogens is 3. The number of aliphatic hydroxyl groups excluding tert-OH is 1. The molecule has 5 nitrogen and oxygen atoms in total. The van der Waals surface area contributed by atoms with Crippen LogP contribution < -0.4 is 4.90 Å². The van der Waals surface area contributed by atoms with E-state index in [1.807, 2.05) is 4.90 Å².